The smallest absolute Gasteiger partial charge is 0.234 e. The monoisotopic (exact) mass is 289 g/mol. The number of nitrogens with one attached hydrogen (secondary N) is 1. The summed E-state index contributed by atoms with van der Waals surface area (Å²) in [5.41, 5.74) is 0.883. The van der Waals surface area contributed by atoms with Crippen molar-refractivity contribution in [1.82, 2.24) is 0 Å². The van der Waals surface area contributed by atoms with Crippen molar-refractivity contribution >= 4 is 35.1 Å². The molecule has 0 spiro atoms. The van der Waals surface area contributed by atoms with Crippen LogP contribution in [-0.4, -0.2) is 17.9 Å². The Bertz CT molecular complexity index is 543. The summed E-state index contributed by atoms with van der Waals surface area (Å²) in [6, 6.07) is 17.8. The molecule has 0 aliphatic carbocycles. The molecule has 0 radical (unpaired) electrons. The van der Waals surface area contributed by atoms with E-state index in [0.717, 1.165) is 15.5 Å². The van der Waals surface area contributed by atoms with E-state index in [1.807, 2.05) is 60.9 Å². The second kappa shape index (κ2) is 7.26. The van der Waals surface area contributed by atoms with Gasteiger partial charge in [0.05, 0.1) is 11.4 Å². The minimum Gasteiger partial charge on any atom is -0.324 e. The average Bonchev–Trinajstić information content (AvgIpc) is 2.47. The fraction of sp³-hybridized carbons (Fsp3) is 0.133. The van der Waals surface area contributed by atoms with Gasteiger partial charge in [-0.25, -0.2) is 0 Å². The summed E-state index contributed by atoms with van der Waals surface area (Å²) in [7, 11) is 0. The van der Waals surface area contributed by atoms with Gasteiger partial charge in [-0.2, -0.15) is 0 Å². The minimum atomic E-state index is 0.0235. The summed E-state index contributed by atoms with van der Waals surface area (Å²) in [4.78, 5) is 14.1. The molecule has 0 saturated heterocycles. The number of anilines is 1. The van der Waals surface area contributed by atoms with Crippen LogP contribution < -0.4 is 5.32 Å². The van der Waals surface area contributed by atoms with Crippen LogP contribution in [0.3, 0.4) is 0 Å². The number of hydrogen-bond acceptors (Lipinski definition) is 3. The molecule has 1 N–H and O–H groups in total. The van der Waals surface area contributed by atoms with Crippen molar-refractivity contribution < 1.29 is 4.79 Å². The van der Waals surface area contributed by atoms with Crippen molar-refractivity contribution in [2.45, 2.75) is 9.79 Å². The van der Waals surface area contributed by atoms with Crippen molar-refractivity contribution in [1.29, 1.82) is 0 Å². The van der Waals surface area contributed by atoms with Gasteiger partial charge in [0.1, 0.15) is 0 Å². The topological polar surface area (TPSA) is 29.1 Å². The molecule has 0 atom stereocenters. The third-order valence-corrected chi connectivity index (χ3v) is 4.30. The third kappa shape index (κ3) is 4.33. The molecule has 0 heterocycles. The lowest BCUT2D eigenvalue weighted by atomic mass is 10.3. The second-order valence-corrected chi connectivity index (χ2v) is 5.75. The number of amides is 1. The normalized spacial score (nSPS) is 10.2. The Morgan fingerprint density at radius 3 is 2.47 bits per heavy atom. The summed E-state index contributed by atoms with van der Waals surface area (Å²) in [6.07, 6.45) is 2.00. The number of carbonyl (C=O) groups excluding carboxylic acids is 1. The van der Waals surface area contributed by atoms with E-state index in [2.05, 4.69) is 5.32 Å². The number of rotatable bonds is 5. The molecule has 2 aromatic rings. The Kier molecular flexibility index (Phi) is 5.36. The highest BCUT2D eigenvalue weighted by Crippen LogP contribution is 2.25. The SMILES string of the molecule is CSc1ccccc1NC(=O)CSc1ccccc1. The highest BCUT2D eigenvalue weighted by Gasteiger charge is 2.06. The summed E-state index contributed by atoms with van der Waals surface area (Å²) < 4.78 is 0. The predicted octanol–water partition coefficient (Wildman–Crippen LogP) is 4.14. The van der Waals surface area contributed by atoms with Gasteiger partial charge in [0.15, 0.2) is 0 Å². The lowest BCUT2D eigenvalue weighted by Gasteiger charge is -2.08. The molecule has 4 heteroatoms. The Balaban J connectivity index is 1.91. The fourth-order valence-electron chi connectivity index (χ4n) is 1.60. The van der Waals surface area contributed by atoms with E-state index >= 15 is 0 Å². The number of benzene rings is 2. The van der Waals surface area contributed by atoms with E-state index in [9.17, 15) is 4.79 Å². The third-order valence-electron chi connectivity index (χ3n) is 2.49. The van der Waals surface area contributed by atoms with Gasteiger partial charge in [-0.3, -0.25) is 4.79 Å². The Hall–Kier alpha value is -1.39. The molecule has 0 aliphatic heterocycles. The highest BCUT2D eigenvalue weighted by molar-refractivity contribution is 8.00. The van der Waals surface area contributed by atoms with E-state index < -0.39 is 0 Å². The molecule has 1 amide bonds. The van der Waals surface area contributed by atoms with Gasteiger partial charge < -0.3 is 5.32 Å². The van der Waals surface area contributed by atoms with Crippen LogP contribution in [0.2, 0.25) is 0 Å². The molecule has 98 valence electrons. The van der Waals surface area contributed by atoms with Crippen molar-refractivity contribution in [3.05, 3.63) is 54.6 Å². The number of para-hydroxylation sites is 1. The predicted molar refractivity (Wildman–Crippen MR) is 84.0 cm³/mol. The first kappa shape index (κ1) is 14.0. The van der Waals surface area contributed by atoms with Gasteiger partial charge in [0.25, 0.3) is 0 Å². The van der Waals surface area contributed by atoms with Crippen LogP contribution in [-0.2, 0) is 4.79 Å². The highest BCUT2D eigenvalue weighted by atomic mass is 32.2. The van der Waals surface area contributed by atoms with Crippen molar-refractivity contribution in [3.63, 3.8) is 0 Å². The van der Waals surface area contributed by atoms with Crippen LogP contribution >= 0.6 is 23.5 Å². The van der Waals surface area contributed by atoms with E-state index in [4.69, 9.17) is 0 Å². The summed E-state index contributed by atoms with van der Waals surface area (Å²) in [5, 5.41) is 2.95. The van der Waals surface area contributed by atoms with Crippen LogP contribution in [0.4, 0.5) is 5.69 Å². The molecule has 2 rings (SSSR count). The van der Waals surface area contributed by atoms with E-state index in [1.54, 1.807) is 23.5 Å². The first-order chi connectivity index (χ1) is 9.29. The standard InChI is InChI=1S/C15H15NOS2/c1-18-14-10-6-5-9-13(14)16-15(17)11-19-12-7-3-2-4-8-12/h2-10H,11H2,1H3,(H,16,17). The molecule has 2 nitrogen and oxygen atoms in total. The van der Waals surface area contributed by atoms with Gasteiger partial charge in [-0.1, -0.05) is 30.3 Å². The van der Waals surface area contributed by atoms with Crippen molar-refractivity contribution in [2.75, 3.05) is 17.3 Å². The zero-order valence-electron chi connectivity index (χ0n) is 10.6. The molecule has 19 heavy (non-hydrogen) atoms. The van der Waals surface area contributed by atoms with Gasteiger partial charge in [0, 0.05) is 9.79 Å². The maximum atomic E-state index is 11.9. The Morgan fingerprint density at radius 1 is 1.05 bits per heavy atom. The maximum absolute atomic E-state index is 11.9. The molecular formula is C15H15NOS2. The zero-order valence-corrected chi connectivity index (χ0v) is 12.3. The molecule has 0 aliphatic rings. The Morgan fingerprint density at radius 2 is 1.74 bits per heavy atom. The second-order valence-electron chi connectivity index (χ2n) is 3.85. The average molecular weight is 289 g/mol. The lowest BCUT2D eigenvalue weighted by Crippen LogP contribution is -2.14. The van der Waals surface area contributed by atoms with Gasteiger partial charge in [0.2, 0.25) is 5.91 Å². The van der Waals surface area contributed by atoms with Crippen LogP contribution in [0.25, 0.3) is 0 Å². The number of hydrogen-bond donors (Lipinski definition) is 1. The molecule has 2 aromatic carbocycles. The molecule has 0 aromatic heterocycles. The van der Waals surface area contributed by atoms with E-state index in [1.165, 1.54) is 0 Å². The lowest BCUT2D eigenvalue weighted by molar-refractivity contribution is -0.113. The van der Waals surface area contributed by atoms with Crippen LogP contribution in [0, 0.1) is 0 Å². The molecule has 0 fully saturated rings. The first-order valence-corrected chi connectivity index (χ1v) is 8.11. The molecular weight excluding hydrogens is 274 g/mol. The van der Waals surface area contributed by atoms with E-state index in [-0.39, 0.29) is 5.91 Å². The summed E-state index contributed by atoms with van der Waals surface area (Å²) >= 11 is 3.17. The zero-order chi connectivity index (χ0) is 13.5. The first-order valence-electron chi connectivity index (χ1n) is 5.90. The van der Waals surface area contributed by atoms with Crippen LogP contribution in [0.1, 0.15) is 0 Å². The fourth-order valence-corrected chi connectivity index (χ4v) is 2.87. The maximum Gasteiger partial charge on any atom is 0.234 e. The Labute approximate surface area is 122 Å². The van der Waals surface area contributed by atoms with Crippen LogP contribution in [0.5, 0.6) is 0 Å². The number of carbonyl (C=O) groups is 1. The number of thioether (sulfide) groups is 2. The van der Waals surface area contributed by atoms with Gasteiger partial charge >= 0.3 is 0 Å². The van der Waals surface area contributed by atoms with Gasteiger partial charge in [-0.05, 0) is 30.5 Å². The van der Waals surface area contributed by atoms with Crippen molar-refractivity contribution in [3.8, 4) is 0 Å². The summed E-state index contributed by atoms with van der Waals surface area (Å²) in [6.45, 7) is 0. The van der Waals surface area contributed by atoms with Crippen LogP contribution in [0.15, 0.2) is 64.4 Å². The molecule has 0 saturated carbocycles. The van der Waals surface area contributed by atoms with Crippen molar-refractivity contribution in [2.24, 2.45) is 0 Å². The molecule has 0 bridgehead atoms. The van der Waals surface area contributed by atoms with Gasteiger partial charge in [-0.15, -0.1) is 23.5 Å². The molecule has 0 unspecified atom stereocenters. The van der Waals surface area contributed by atoms with E-state index in [0.29, 0.717) is 5.75 Å². The largest absolute Gasteiger partial charge is 0.324 e. The summed E-state index contributed by atoms with van der Waals surface area (Å²) in [5.74, 6) is 0.447. The quantitative estimate of drug-likeness (QED) is 0.839. The minimum absolute atomic E-state index is 0.0235.